The quantitative estimate of drug-likeness (QED) is 0.308. The van der Waals surface area contributed by atoms with E-state index in [2.05, 4.69) is 20.6 Å². The molecule has 0 bridgehead atoms. The van der Waals surface area contributed by atoms with Crippen LogP contribution in [0.1, 0.15) is 24.2 Å². The first-order valence-corrected chi connectivity index (χ1v) is 9.18. The zero-order chi connectivity index (χ0) is 20.1. The molecule has 0 aliphatic heterocycles. The van der Waals surface area contributed by atoms with E-state index in [4.69, 9.17) is 17.0 Å². The molecule has 1 aromatic carbocycles. The van der Waals surface area contributed by atoms with Gasteiger partial charge in [-0.3, -0.25) is 5.41 Å². The van der Waals surface area contributed by atoms with E-state index in [0.717, 1.165) is 10.9 Å². The van der Waals surface area contributed by atoms with Crippen molar-refractivity contribution in [3.8, 4) is 0 Å². The number of hydrogen-bond donors (Lipinski definition) is 5. The Morgan fingerprint density at radius 1 is 1.36 bits per heavy atom. The van der Waals surface area contributed by atoms with Gasteiger partial charge in [0, 0.05) is 48.2 Å². The number of aliphatic hydroxyl groups is 1. The van der Waals surface area contributed by atoms with Gasteiger partial charge in [-0.2, -0.15) is 0 Å². The highest BCUT2D eigenvalue weighted by molar-refractivity contribution is 6.31. The lowest BCUT2D eigenvalue weighted by Gasteiger charge is -2.17. The fourth-order valence-corrected chi connectivity index (χ4v) is 2.99. The van der Waals surface area contributed by atoms with Crippen LogP contribution in [0, 0.1) is 11.2 Å². The van der Waals surface area contributed by atoms with Crippen molar-refractivity contribution in [2.24, 2.45) is 0 Å². The number of halogens is 2. The summed E-state index contributed by atoms with van der Waals surface area (Å²) in [4.78, 5) is 7.21. The molecule has 2 heterocycles. The third-order valence-electron chi connectivity index (χ3n) is 4.20. The first-order chi connectivity index (χ1) is 13.5. The largest absolute Gasteiger partial charge is 0.386 e. The SMILES string of the molecule is CCN/C(=C\C(=N)NCc1ccc(F)cc1)C(O)c1c[nH]c2ncc(Cl)cc12. The van der Waals surface area contributed by atoms with Crippen molar-refractivity contribution in [3.63, 3.8) is 0 Å². The lowest BCUT2D eigenvalue weighted by atomic mass is 10.1. The third-order valence-corrected chi connectivity index (χ3v) is 4.40. The predicted molar refractivity (Wildman–Crippen MR) is 109 cm³/mol. The molecule has 28 heavy (non-hydrogen) atoms. The molecule has 0 amide bonds. The smallest absolute Gasteiger partial charge is 0.137 e. The number of aromatic nitrogens is 2. The van der Waals surface area contributed by atoms with Gasteiger partial charge in [0.2, 0.25) is 0 Å². The molecule has 8 heteroatoms. The highest BCUT2D eigenvalue weighted by Crippen LogP contribution is 2.28. The second kappa shape index (κ2) is 8.86. The molecule has 2 aromatic heterocycles. The topological polar surface area (TPSA) is 96.8 Å². The molecule has 3 rings (SSSR count). The molecular formula is C20H21ClFN5O. The maximum Gasteiger partial charge on any atom is 0.137 e. The Hall–Kier alpha value is -2.90. The van der Waals surface area contributed by atoms with E-state index in [1.165, 1.54) is 24.4 Å². The number of amidine groups is 1. The number of fused-ring (bicyclic) bond motifs is 1. The summed E-state index contributed by atoms with van der Waals surface area (Å²) in [7, 11) is 0. The van der Waals surface area contributed by atoms with Crippen molar-refractivity contribution in [2.45, 2.75) is 19.6 Å². The van der Waals surface area contributed by atoms with Gasteiger partial charge in [0.05, 0.1) is 5.02 Å². The van der Waals surface area contributed by atoms with Gasteiger partial charge >= 0.3 is 0 Å². The normalized spacial score (nSPS) is 12.8. The molecule has 5 N–H and O–H groups in total. The number of likely N-dealkylation sites (N-methyl/N-ethyl adjacent to an activating group) is 1. The fraction of sp³-hybridized carbons (Fsp3) is 0.200. The van der Waals surface area contributed by atoms with E-state index in [1.54, 1.807) is 24.4 Å². The van der Waals surface area contributed by atoms with E-state index in [1.807, 2.05) is 6.92 Å². The number of aliphatic hydroxyl groups excluding tert-OH is 1. The second-order valence-corrected chi connectivity index (χ2v) is 6.66. The monoisotopic (exact) mass is 401 g/mol. The number of H-pyrrole nitrogens is 1. The Balaban J connectivity index is 1.77. The first kappa shape index (κ1) is 19.9. The summed E-state index contributed by atoms with van der Waals surface area (Å²) in [6, 6.07) is 7.80. The molecule has 0 radical (unpaired) electrons. The van der Waals surface area contributed by atoms with E-state index < -0.39 is 6.10 Å². The molecule has 1 unspecified atom stereocenters. The fourth-order valence-electron chi connectivity index (χ4n) is 2.83. The van der Waals surface area contributed by atoms with Gasteiger partial charge in [0.15, 0.2) is 0 Å². The average Bonchev–Trinajstić information content (AvgIpc) is 3.09. The van der Waals surface area contributed by atoms with Crippen molar-refractivity contribution in [1.82, 2.24) is 20.6 Å². The molecule has 0 aliphatic rings. The molecule has 146 valence electrons. The predicted octanol–water partition coefficient (Wildman–Crippen LogP) is 3.65. The summed E-state index contributed by atoms with van der Waals surface area (Å²) < 4.78 is 13.0. The first-order valence-electron chi connectivity index (χ1n) is 8.81. The zero-order valence-electron chi connectivity index (χ0n) is 15.3. The number of nitrogens with zero attached hydrogens (tertiary/aromatic N) is 1. The van der Waals surface area contributed by atoms with Crippen molar-refractivity contribution in [3.05, 3.63) is 76.5 Å². The van der Waals surface area contributed by atoms with Crippen LogP contribution in [0.25, 0.3) is 11.0 Å². The lowest BCUT2D eigenvalue weighted by Crippen LogP contribution is -2.25. The van der Waals surface area contributed by atoms with Crippen LogP contribution in [0.5, 0.6) is 0 Å². The van der Waals surface area contributed by atoms with Gasteiger partial charge in [0.1, 0.15) is 23.4 Å². The number of hydrogen-bond acceptors (Lipinski definition) is 4. The van der Waals surface area contributed by atoms with Crippen LogP contribution < -0.4 is 10.6 Å². The van der Waals surface area contributed by atoms with Crippen LogP contribution in [-0.2, 0) is 6.54 Å². The Kier molecular flexibility index (Phi) is 6.28. The van der Waals surface area contributed by atoms with Gasteiger partial charge < -0.3 is 20.7 Å². The molecule has 6 nitrogen and oxygen atoms in total. The van der Waals surface area contributed by atoms with Crippen molar-refractivity contribution in [1.29, 1.82) is 5.41 Å². The standard InChI is InChI=1S/C20H21ClFN5O/c1-2-24-17(8-18(23)25-9-12-3-5-14(22)6-4-12)19(28)16-11-27-20-15(16)7-13(21)10-26-20/h3-8,10-11,19,24,28H,2,9H2,1H3,(H2,23,25)(H,26,27)/b17-8-. The van der Waals surface area contributed by atoms with Crippen LogP contribution in [0.15, 0.2) is 54.5 Å². The van der Waals surface area contributed by atoms with Crippen LogP contribution in [0.2, 0.25) is 5.02 Å². The minimum atomic E-state index is -0.984. The van der Waals surface area contributed by atoms with E-state index in [9.17, 15) is 9.50 Å². The van der Waals surface area contributed by atoms with Gasteiger partial charge in [-0.15, -0.1) is 0 Å². The van der Waals surface area contributed by atoms with E-state index in [0.29, 0.717) is 35.0 Å². The molecule has 0 aliphatic carbocycles. The summed E-state index contributed by atoms with van der Waals surface area (Å²) in [6.07, 6.45) is 3.77. The maximum atomic E-state index is 13.0. The molecule has 0 saturated carbocycles. The number of rotatable bonds is 7. The number of nitrogens with one attached hydrogen (secondary N) is 4. The van der Waals surface area contributed by atoms with Gasteiger partial charge in [0.25, 0.3) is 0 Å². The number of benzene rings is 1. The van der Waals surface area contributed by atoms with E-state index in [-0.39, 0.29) is 11.7 Å². The average molecular weight is 402 g/mol. The van der Waals surface area contributed by atoms with Gasteiger partial charge in [-0.05, 0) is 30.7 Å². The third kappa shape index (κ3) is 4.68. The summed E-state index contributed by atoms with van der Waals surface area (Å²) in [5, 5.41) is 26.3. The summed E-state index contributed by atoms with van der Waals surface area (Å²) >= 11 is 6.03. The highest BCUT2D eigenvalue weighted by atomic mass is 35.5. The molecule has 1 atom stereocenters. The van der Waals surface area contributed by atoms with Crippen molar-refractivity contribution in [2.75, 3.05) is 6.54 Å². The van der Waals surface area contributed by atoms with Gasteiger partial charge in [-0.1, -0.05) is 23.7 Å². The van der Waals surface area contributed by atoms with Gasteiger partial charge in [-0.25, -0.2) is 9.37 Å². The Morgan fingerprint density at radius 2 is 2.11 bits per heavy atom. The van der Waals surface area contributed by atoms with Crippen LogP contribution in [0.3, 0.4) is 0 Å². The lowest BCUT2D eigenvalue weighted by molar-refractivity contribution is 0.208. The Morgan fingerprint density at radius 3 is 2.82 bits per heavy atom. The van der Waals surface area contributed by atoms with Crippen molar-refractivity contribution < 1.29 is 9.50 Å². The second-order valence-electron chi connectivity index (χ2n) is 6.22. The molecule has 0 fully saturated rings. The molecular weight excluding hydrogens is 381 g/mol. The summed E-state index contributed by atoms with van der Waals surface area (Å²) in [5.41, 5.74) is 2.56. The zero-order valence-corrected chi connectivity index (χ0v) is 16.0. The summed E-state index contributed by atoms with van der Waals surface area (Å²) in [6.45, 7) is 2.86. The Labute approximate surface area is 167 Å². The summed E-state index contributed by atoms with van der Waals surface area (Å²) in [5.74, 6) is -0.181. The van der Waals surface area contributed by atoms with Crippen LogP contribution >= 0.6 is 11.6 Å². The van der Waals surface area contributed by atoms with Crippen LogP contribution in [0.4, 0.5) is 4.39 Å². The van der Waals surface area contributed by atoms with E-state index >= 15 is 0 Å². The van der Waals surface area contributed by atoms with Crippen LogP contribution in [-0.4, -0.2) is 27.5 Å². The Bertz CT molecular complexity index is 1000. The minimum Gasteiger partial charge on any atom is -0.386 e. The molecule has 0 spiro atoms. The molecule has 3 aromatic rings. The number of pyridine rings is 1. The van der Waals surface area contributed by atoms with Crippen molar-refractivity contribution >= 4 is 28.5 Å². The maximum absolute atomic E-state index is 13.0. The minimum absolute atomic E-state index is 0.121. The highest BCUT2D eigenvalue weighted by Gasteiger charge is 2.18. The number of aromatic amines is 1. The molecule has 0 saturated heterocycles.